The standard InChI is InChI=1S/C21H36N6O/c1-14(2)28-16-5-6-18-17(11-16)21(25-24-18)19-12-20(23-13-22-19)27-9-7-26(8-10-27)15-3-4-15/h5,13-15,17-21,24-25H,3-4,6-12H2,1-2H3,(H,22,23)/t17-,18+,19+,20+,21+/m0/s1. The van der Waals surface area contributed by atoms with Crippen molar-refractivity contribution in [2.45, 2.75) is 82.4 Å². The van der Waals surface area contributed by atoms with Crippen LogP contribution in [-0.4, -0.2) is 78.8 Å². The quantitative estimate of drug-likeness (QED) is 0.654. The van der Waals surface area contributed by atoms with Crippen LogP contribution in [0.4, 0.5) is 0 Å². The van der Waals surface area contributed by atoms with Gasteiger partial charge in [0.15, 0.2) is 0 Å². The highest BCUT2D eigenvalue weighted by Crippen LogP contribution is 2.34. The number of ether oxygens (including phenoxy) is 1. The number of rotatable bonds is 5. The normalized spacial score (nSPS) is 39.5. The van der Waals surface area contributed by atoms with Gasteiger partial charge in [-0.05, 0) is 39.2 Å². The minimum Gasteiger partial charge on any atom is -0.496 e. The van der Waals surface area contributed by atoms with E-state index >= 15 is 0 Å². The molecule has 0 aromatic rings. The third kappa shape index (κ3) is 3.95. The Balaban J connectivity index is 1.19. The van der Waals surface area contributed by atoms with Crippen LogP contribution >= 0.6 is 0 Å². The highest BCUT2D eigenvalue weighted by Gasteiger charge is 2.44. The summed E-state index contributed by atoms with van der Waals surface area (Å²) in [7, 11) is 0. The average molecular weight is 389 g/mol. The maximum atomic E-state index is 6.03. The summed E-state index contributed by atoms with van der Waals surface area (Å²) in [6.07, 6.45) is 10.8. The molecule has 2 saturated heterocycles. The zero-order valence-corrected chi connectivity index (χ0v) is 17.3. The second-order valence-corrected chi connectivity index (χ2v) is 9.43. The van der Waals surface area contributed by atoms with Crippen LogP contribution in [-0.2, 0) is 4.74 Å². The lowest BCUT2D eigenvalue weighted by atomic mass is 9.80. The minimum absolute atomic E-state index is 0.252. The van der Waals surface area contributed by atoms with Crippen LogP contribution in [0.5, 0.6) is 0 Å². The highest BCUT2D eigenvalue weighted by molar-refractivity contribution is 5.56. The van der Waals surface area contributed by atoms with E-state index in [1.807, 2.05) is 6.34 Å². The summed E-state index contributed by atoms with van der Waals surface area (Å²) in [6.45, 7) is 8.96. The Morgan fingerprint density at radius 1 is 1.07 bits per heavy atom. The molecule has 7 nitrogen and oxygen atoms in total. The van der Waals surface area contributed by atoms with Crippen LogP contribution in [0.15, 0.2) is 16.8 Å². The van der Waals surface area contributed by atoms with Crippen molar-refractivity contribution in [2.24, 2.45) is 10.9 Å². The Labute approximate surface area is 168 Å². The van der Waals surface area contributed by atoms with Crippen LogP contribution in [0.2, 0.25) is 0 Å². The summed E-state index contributed by atoms with van der Waals surface area (Å²) in [4.78, 5) is 10.1. The lowest BCUT2D eigenvalue weighted by molar-refractivity contribution is 0.0799. The Morgan fingerprint density at radius 2 is 1.86 bits per heavy atom. The molecule has 5 aliphatic rings. The van der Waals surface area contributed by atoms with Gasteiger partial charge in [-0.3, -0.25) is 25.6 Å². The average Bonchev–Trinajstić information content (AvgIpc) is 3.47. The molecule has 3 heterocycles. The third-order valence-corrected chi connectivity index (χ3v) is 7.10. The molecule has 2 aliphatic carbocycles. The van der Waals surface area contributed by atoms with E-state index in [0.717, 1.165) is 38.4 Å². The lowest BCUT2D eigenvalue weighted by Crippen LogP contribution is -2.57. The zero-order chi connectivity index (χ0) is 19.1. The molecule has 28 heavy (non-hydrogen) atoms. The van der Waals surface area contributed by atoms with E-state index in [4.69, 9.17) is 9.73 Å². The highest BCUT2D eigenvalue weighted by atomic mass is 16.5. The molecule has 0 aromatic carbocycles. The molecule has 0 radical (unpaired) electrons. The van der Waals surface area contributed by atoms with Crippen molar-refractivity contribution in [3.8, 4) is 0 Å². The number of nitrogens with zero attached hydrogens (tertiary/aromatic N) is 3. The van der Waals surface area contributed by atoms with Crippen molar-refractivity contribution in [3.05, 3.63) is 11.8 Å². The van der Waals surface area contributed by atoms with E-state index in [1.165, 1.54) is 31.7 Å². The maximum Gasteiger partial charge on any atom is 0.106 e. The molecule has 3 N–H and O–H groups in total. The first-order valence-corrected chi connectivity index (χ1v) is 11.3. The van der Waals surface area contributed by atoms with Crippen molar-refractivity contribution < 1.29 is 4.74 Å². The molecule has 0 bridgehead atoms. The molecule has 0 aromatic heterocycles. The van der Waals surface area contributed by atoms with Crippen molar-refractivity contribution >= 4 is 6.34 Å². The summed E-state index contributed by atoms with van der Waals surface area (Å²) >= 11 is 0. The molecule has 0 spiro atoms. The van der Waals surface area contributed by atoms with Gasteiger partial charge in [0.1, 0.15) is 6.17 Å². The predicted molar refractivity (Wildman–Crippen MR) is 111 cm³/mol. The summed E-state index contributed by atoms with van der Waals surface area (Å²) in [6, 6.07) is 2.21. The molecule has 5 atom stereocenters. The third-order valence-electron chi connectivity index (χ3n) is 7.10. The SMILES string of the molecule is CC(C)OC1=CC[C@H]2NN[C@@H]([C@H]3C[C@@H](N4CCN(C5CC5)CC4)N=CN3)[C@H]2C1. The largest absolute Gasteiger partial charge is 0.496 e. The first-order chi connectivity index (χ1) is 13.7. The molecule has 0 amide bonds. The van der Waals surface area contributed by atoms with Gasteiger partial charge in [-0.2, -0.15) is 0 Å². The van der Waals surface area contributed by atoms with E-state index in [9.17, 15) is 0 Å². The number of allylic oxidation sites excluding steroid dienone is 1. The van der Waals surface area contributed by atoms with Gasteiger partial charge in [0.2, 0.25) is 0 Å². The molecule has 3 fully saturated rings. The number of piperazine rings is 1. The van der Waals surface area contributed by atoms with E-state index in [1.54, 1.807) is 0 Å². The Kier molecular flexibility index (Phi) is 5.34. The topological polar surface area (TPSA) is 64.2 Å². The van der Waals surface area contributed by atoms with Gasteiger partial charge in [-0.25, -0.2) is 0 Å². The Hall–Kier alpha value is -1.15. The van der Waals surface area contributed by atoms with Gasteiger partial charge >= 0.3 is 0 Å². The van der Waals surface area contributed by atoms with Gasteiger partial charge in [-0.1, -0.05) is 0 Å². The van der Waals surface area contributed by atoms with E-state index in [0.29, 0.717) is 30.2 Å². The number of hydrogen-bond donors (Lipinski definition) is 3. The van der Waals surface area contributed by atoms with E-state index in [-0.39, 0.29) is 6.10 Å². The molecule has 7 heteroatoms. The summed E-state index contributed by atoms with van der Waals surface area (Å²) in [5.74, 6) is 1.74. The van der Waals surface area contributed by atoms with Crippen LogP contribution in [0, 0.1) is 5.92 Å². The monoisotopic (exact) mass is 388 g/mol. The first-order valence-electron chi connectivity index (χ1n) is 11.3. The number of fused-ring (bicyclic) bond motifs is 1. The Morgan fingerprint density at radius 3 is 2.61 bits per heavy atom. The minimum atomic E-state index is 0.252. The maximum absolute atomic E-state index is 6.03. The molecule has 3 aliphatic heterocycles. The number of aliphatic imine (C=N–C) groups is 1. The molecule has 1 saturated carbocycles. The lowest BCUT2D eigenvalue weighted by Gasteiger charge is -2.41. The summed E-state index contributed by atoms with van der Waals surface area (Å²) < 4.78 is 6.03. The van der Waals surface area contributed by atoms with E-state index in [2.05, 4.69) is 45.9 Å². The molecular weight excluding hydrogens is 352 g/mol. The molecular formula is C21H36N6O. The fraction of sp³-hybridized carbons (Fsp3) is 0.857. The second-order valence-electron chi connectivity index (χ2n) is 9.43. The fourth-order valence-corrected chi connectivity index (χ4v) is 5.46. The molecule has 5 rings (SSSR count). The molecule has 0 unspecified atom stereocenters. The first kappa shape index (κ1) is 18.9. The van der Waals surface area contributed by atoms with Crippen molar-refractivity contribution in [1.82, 2.24) is 26.0 Å². The van der Waals surface area contributed by atoms with Crippen LogP contribution in [0.1, 0.15) is 46.0 Å². The van der Waals surface area contributed by atoms with Crippen molar-refractivity contribution in [3.63, 3.8) is 0 Å². The smallest absolute Gasteiger partial charge is 0.106 e. The van der Waals surface area contributed by atoms with Gasteiger partial charge in [-0.15, -0.1) is 0 Å². The van der Waals surface area contributed by atoms with Gasteiger partial charge in [0.25, 0.3) is 0 Å². The summed E-state index contributed by atoms with van der Waals surface area (Å²) in [5, 5.41) is 3.56. The van der Waals surface area contributed by atoms with Crippen molar-refractivity contribution in [2.75, 3.05) is 26.2 Å². The van der Waals surface area contributed by atoms with Gasteiger partial charge < -0.3 is 10.1 Å². The van der Waals surface area contributed by atoms with Crippen LogP contribution in [0.25, 0.3) is 0 Å². The fourth-order valence-electron chi connectivity index (χ4n) is 5.46. The number of hydrazine groups is 1. The van der Waals surface area contributed by atoms with Crippen molar-refractivity contribution in [1.29, 1.82) is 0 Å². The number of nitrogens with one attached hydrogen (secondary N) is 3. The second kappa shape index (κ2) is 7.94. The van der Waals surface area contributed by atoms with Crippen LogP contribution < -0.4 is 16.2 Å². The predicted octanol–water partition coefficient (Wildman–Crippen LogP) is 1.05. The number of hydrogen-bond acceptors (Lipinski definition) is 7. The van der Waals surface area contributed by atoms with Crippen LogP contribution in [0.3, 0.4) is 0 Å². The van der Waals surface area contributed by atoms with Gasteiger partial charge in [0, 0.05) is 69.1 Å². The Bertz CT molecular complexity index is 610. The summed E-state index contributed by atoms with van der Waals surface area (Å²) in [5.41, 5.74) is 7.15. The zero-order valence-electron chi connectivity index (χ0n) is 17.3. The van der Waals surface area contributed by atoms with E-state index < -0.39 is 0 Å². The molecule has 156 valence electrons. The van der Waals surface area contributed by atoms with Gasteiger partial charge in [0.05, 0.1) is 18.2 Å².